The molecular formula is C19H23N5O3. The van der Waals surface area contributed by atoms with Gasteiger partial charge in [-0.3, -0.25) is 18.7 Å². The predicted molar refractivity (Wildman–Crippen MR) is 104 cm³/mol. The van der Waals surface area contributed by atoms with E-state index in [9.17, 15) is 14.4 Å². The third kappa shape index (κ3) is 3.30. The van der Waals surface area contributed by atoms with E-state index in [1.54, 1.807) is 7.05 Å². The number of hydrogen-bond donors (Lipinski definition) is 1. The second-order valence-electron chi connectivity index (χ2n) is 7.59. The Balaban J connectivity index is 1.95. The van der Waals surface area contributed by atoms with Gasteiger partial charge in [-0.05, 0) is 17.0 Å². The van der Waals surface area contributed by atoms with Crippen LogP contribution in [0, 0.1) is 0 Å². The smallest absolute Gasteiger partial charge is 0.324 e. The maximum absolute atomic E-state index is 12.6. The number of aromatic nitrogens is 4. The number of hydrogen-bond acceptors (Lipinski definition) is 4. The number of benzene rings is 1. The summed E-state index contributed by atoms with van der Waals surface area (Å²) in [4.78, 5) is 41.2. The highest BCUT2D eigenvalue weighted by Crippen LogP contribution is 2.29. The van der Waals surface area contributed by atoms with E-state index < -0.39 is 11.2 Å². The van der Waals surface area contributed by atoms with E-state index in [0.29, 0.717) is 0 Å². The molecule has 0 fully saturated rings. The van der Waals surface area contributed by atoms with Crippen LogP contribution in [-0.2, 0) is 30.8 Å². The van der Waals surface area contributed by atoms with Crippen molar-refractivity contribution in [2.24, 2.45) is 14.1 Å². The summed E-state index contributed by atoms with van der Waals surface area (Å²) in [5.74, 6) is -0.276. The molecule has 0 unspecified atom stereocenters. The average molecular weight is 369 g/mol. The van der Waals surface area contributed by atoms with Crippen molar-refractivity contribution in [1.29, 1.82) is 0 Å². The van der Waals surface area contributed by atoms with Crippen molar-refractivity contribution in [2.45, 2.75) is 32.7 Å². The second kappa shape index (κ2) is 6.53. The Morgan fingerprint density at radius 1 is 1.11 bits per heavy atom. The van der Waals surface area contributed by atoms with Crippen LogP contribution in [0.5, 0.6) is 0 Å². The molecule has 27 heavy (non-hydrogen) atoms. The number of carbonyl (C=O) groups is 1. The van der Waals surface area contributed by atoms with Crippen LogP contribution in [0.1, 0.15) is 26.3 Å². The Morgan fingerprint density at radius 3 is 2.44 bits per heavy atom. The summed E-state index contributed by atoms with van der Waals surface area (Å²) in [5, 5.41) is 2.92. The molecule has 8 heteroatoms. The summed E-state index contributed by atoms with van der Waals surface area (Å²) in [6.07, 6.45) is 1.40. The van der Waals surface area contributed by atoms with E-state index in [4.69, 9.17) is 0 Å². The van der Waals surface area contributed by atoms with Crippen LogP contribution in [0.25, 0.3) is 11.2 Å². The predicted octanol–water partition coefficient (Wildman–Crippen LogP) is 1.37. The van der Waals surface area contributed by atoms with Crippen molar-refractivity contribution in [2.75, 3.05) is 5.32 Å². The van der Waals surface area contributed by atoms with Crippen LogP contribution in [0.4, 0.5) is 5.69 Å². The lowest BCUT2D eigenvalue weighted by Gasteiger charge is -2.23. The number of para-hydroxylation sites is 1. The van der Waals surface area contributed by atoms with Gasteiger partial charge >= 0.3 is 5.69 Å². The molecule has 0 bridgehead atoms. The largest absolute Gasteiger partial charge is 0.332 e. The third-order valence-electron chi connectivity index (χ3n) is 4.54. The molecule has 1 aromatic carbocycles. The molecular weight excluding hydrogens is 346 g/mol. The van der Waals surface area contributed by atoms with E-state index in [1.165, 1.54) is 22.5 Å². The monoisotopic (exact) mass is 369 g/mol. The molecule has 0 radical (unpaired) electrons. The van der Waals surface area contributed by atoms with Crippen LogP contribution >= 0.6 is 0 Å². The molecule has 2 aromatic heterocycles. The molecule has 0 saturated carbocycles. The van der Waals surface area contributed by atoms with E-state index in [1.807, 2.05) is 24.3 Å². The van der Waals surface area contributed by atoms with Crippen LogP contribution in [0.2, 0.25) is 0 Å². The zero-order chi connectivity index (χ0) is 19.9. The minimum absolute atomic E-state index is 0.0809. The second-order valence-corrected chi connectivity index (χ2v) is 7.59. The highest BCUT2D eigenvalue weighted by molar-refractivity contribution is 5.92. The van der Waals surface area contributed by atoms with Crippen LogP contribution in [0.15, 0.2) is 40.2 Å². The van der Waals surface area contributed by atoms with Crippen molar-refractivity contribution >= 4 is 22.8 Å². The lowest BCUT2D eigenvalue weighted by molar-refractivity contribution is -0.116. The van der Waals surface area contributed by atoms with E-state index in [-0.39, 0.29) is 29.0 Å². The average Bonchev–Trinajstić information content (AvgIpc) is 3.01. The summed E-state index contributed by atoms with van der Waals surface area (Å²) in [7, 11) is 2.95. The van der Waals surface area contributed by atoms with Gasteiger partial charge in [-0.15, -0.1) is 0 Å². The number of aryl methyl sites for hydroxylation is 1. The molecule has 8 nitrogen and oxygen atoms in total. The zero-order valence-corrected chi connectivity index (χ0v) is 16.1. The van der Waals surface area contributed by atoms with Gasteiger partial charge < -0.3 is 9.88 Å². The number of anilines is 1. The minimum atomic E-state index is -0.478. The van der Waals surface area contributed by atoms with Gasteiger partial charge in [-0.1, -0.05) is 39.0 Å². The first kappa shape index (κ1) is 18.6. The summed E-state index contributed by atoms with van der Waals surface area (Å²) >= 11 is 0. The number of nitrogens with one attached hydrogen (secondary N) is 1. The van der Waals surface area contributed by atoms with Gasteiger partial charge in [0.1, 0.15) is 6.54 Å². The Hall–Kier alpha value is -3.16. The van der Waals surface area contributed by atoms with Crippen LogP contribution in [0.3, 0.4) is 0 Å². The van der Waals surface area contributed by atoms with Gasteiger partial charge in [0, 0.05) is 19.8 Å². The zero-order valence-electron chi connectivity index (χ0n) is 16.1. The number of carbonyl (C=O) groups excluding carboxylic acids is 1. The summed E-state index contributed by atoms with van der Waals surface area (Å²) in [6.45, 7) is 6.14. The van der Waals surface area contributed by atoms with Gasteiger partial charge in [0.2, 0.25) is 5.91 Å². The van der Waals surface area contributed by atoms with Gasteiger partial charge in [-0.2, -0.15) is 0 Å². The molecule has 142 valence electrons. The number of nitrogens with zero attached hydrogens (tertiary/aromatic N) is 4. The van der Waals surface area contributed by atoms with Crippen molar-refractivity contribution in [1.82, 2.24) is 18.7 Å². The fourth-order valence-electron chi connectivity index (χ4n) is 3.11. The molecule has 1 N–H and O–H groups in total. The SMILES string of the molecule is Cn1c(=O)c2c(ncn2CC(=O)Nc2ccccc2C(C)(C)C)n(C)c1=O. The Labute approximate surface area is 156 Å². The van der Waals surface area contributed by atoms with Gasteiger partial charge in [-0.25, -0.2) is 9.78 Å². The molecule has 0 aliphatic heterocycles. The molecule has 3 rings (SSSR count). The Kier molecular flexibility index (Phi) is 4.51. The fraction of sp³-hybridized carbons (Fsp3) is 0.368. The molecule has 0 aliphatic rings. The van der Waals surface area contributed by atoms with Crippen molar-refractivity contribution < 1.29 is 4.79 Å². The third-order valence-corrected chi connectivity index (χ3v) is 4.54. The van der Waals surface area contributed by atoms with Crippen LogP contribution < -0.4 is 16.6 Å². The van der Waals surface area contributed by atoms with Crippen molar-refractivity contribution in [3.05, 3.63) is 57.0 Å². The molecule has 0 aliphatic carbocycles. The number of rotatable bonds is 3. The molecule has 2 heterocycles. The van der Waals surface area contributed by atoms with E-state index in [0.717, 1.165) is 15.8 Å². The minimum Gasteiger partial charge on any atom is -0.324 e. The molecule has 1 amide bonds. The van der Waals surface area contributed by atoms with Gasteiger partial charge in [0.15, 0.2) is 11.2 Å². The fourth-order valence-corrected chi connectivity index (χ4v) is 3.11. The summed E-state index contributed by atoms with van der Waals surface area (Å²) in [5.41, 5.74) is 1.17. The topological polar surface area (TPSA) is 90.9 Å². The van der Waals surface area contributed by atoms with E-state index in [2.05, 4.69) is 31.1 Å². The maximum Gasteiger partial charge on any atom is 0.332 e. The highest BCUT2D eigenvalue weighted by atomic mass is 16.2. The molecule has 0 spiro atoms. The lowest BCUT2D eigenvalue weighted by Crippen LogP contribution is -2.37. The first-order chi connectivity index (χ1) is 12.6. The normalized spacial score (nSPS) is 11.7. The standard InChI is InChI=1S/C19H23N5O3/c1-19(2,3)12-8-6-7-9-13(12)21-14(25)10-24-11-20-16-15(24)17(26)23(5)18(27)22(16)4/h6-9,11H,10H2,1-5H3,(H,21,25). The first-order valence-corrected chi connectivity index (χ1v) is 8.61. The summed E-state index contributed by atoms with van der Waals surface area (Å²) in [6, 6.07) is 7.63. The number of imidazole rings is 1. The molecule has 0 saturated heterocycles. The van der Waals surface area contributed by atoms with Crippen LogP contribution in [-0.4, -0.2) is 24.6 Å². The highest BCUT2D eigenvalue weighted by Gasteiger charge is 2.20. The quantitative estimate of drug-likeness (QED) is 0.755. The number of fused-ring (bicyclic) bond motifs is 1. The maximum atomic E-state index is 12.6. The molecule has 0 atom stereocenters. The Morgan fingerprint density at radius 2 is 1.78 bits per heavy atom. The Bertz CT molecular complexity index is 1140. The first-order valence-electron chi connectivity index (χ1n) is 8.61. The molecule has 3 aromatic rings. The van der Waals surface area contributed by atoms with Crippen molar-refractivity contribution in [3.8, 4) is 0 Å². The lowest BCUT2D eigenvalue weighted by atomic mass is 9.86. The van der Waals surface area contributed by atoms with E-state index >= 15 is 0 Å². The van der Waals surface area contributed by atoms with Gasteiger partial charge in [0.05, 0.1) is 6.33 Å². The number of amides is 1. The van der Waals surface area contributed by atoms with Crippen molar-refractivity contribution in [3.63, 3.8) is 0 Å². The summed E-state index contributed by atoms with van der Waals surface area (Å²) < 4.78 is 3.76. The van der Waals surface area contributed by atoms with Gasteiger partial charge in [0.25, 0.3) is 5.56 Å².